The van der Waals surface area contributed by atoms with Crippen LogP contribution in [0.3, 0.4) is 0 Å². The van der Waals surface area contributed by atoms with E-state index in [4.69, 9.17) is 4.43 Å². The maximum absolute atomic E-state index is 6.63. The molecule has 2 heteroatoms. The molecule has 1 aromatic carbocycles. The Morgan fingerprint density at radius 3 is 2.32 bits per heavy atom. The van der Waals surface area contributed by atoms with E-state index in [0.29, 0.717) is 0 Å². The van der Waals surface area contributed by atoms with Crippen molar-refractivity contribution in [3.8, 4) is 0 Å². The lowest BCUT2D eigenvalue weighted by molar-refractivity contribution is 0.208. The molecule has 0 aliphatic carbocycles. The Morgan fingerprint density at radius 1 is 1.23 bits per heavy atom. The molecule has 122 valence electrons. The predicted octanol–water partition coefficient (Wildman–Crippen LogP) is 6.14. The molecule has 0 aromatic heterocycles. The Bertz CT molecular complexity index is 494. The Kier molecular flexibility index (Phi) is 6.83. The quantitative estimate of drug-likeness (QED) is 0.433. The zero-order valence-electron chi connectivity index (χ0n) is 15.1. The van der Waals surface area contributed by atoms with Gasteiger partial charge in [0.15, 0.2) is 8.32 Å². The number of hydrogen-bond acceptors (Lipinski definition) is 1. The van der Waals surface area contributed by atoms with Gasteiger partial charge in [-0.2, -0.15) is 0 Å². The van der Waals surface area contributed by atoms with Gasteiger partial charge < -0.3 is 4.43 Å². The van der Waals surface area contributed by atoms with Crippen molar-refractivity contribution in [2.45, 2.75) is 64.8 Å². The van der Waals surface area contributed by atoms with Crippen molar-refractivity contribution in [2.24, 2.45) is 0 Å². The average molecular weight is 317 g/mol. The molecule has 0 fully saturated rings. The first-order valence-corrected chi connectivity index (χ1v) is 11.1. The van der Waals surface area contributed by atoms with Gasteiger partial charge >= 0.3 is 0 Å². The van der Waals surface area contributed by atoms with E-state index >= 15 is 0 Å². The molecule has 0 radical (unpaired) electrons. The van der Waals surface area contributed by atoms with Gasteiger partial charge in [-0.3, -0.25) is 0 Å². The van der Waals surface area contributed by atoms with Gasteiger partial charge in [0.05, 0.1) is 6.10 Å². The van der Waals surface area contributed by atoms with Crippen LogP contribution in [0, 0.1) is 0 Å². The van der Waals surface area contributed by atoms with Crippen LogP contribution in [0.25, 0.3) is 0 Å². The van der Waals surface area contributed by atoms with E-state index in [9.17, 15) is 0 Å². The van der Waals surface area contributed by atoms with Crippen LogP contribution < -0.4 is 0 Å². The van der Waals surface area contributed by atoms with Crippen LogP contribution in [-0.2, 0) is 10.8 Å². The van der Waals surface area contributed by atoms with E-state index in [2.05, 4.69) is 76.9 Å². The van der Waals surface area contributed by atoms with Crippen LogP contribution in [-0.4, -0.2) is 14.4 Å². The second-order valence-electron chi connectivity index (χ2n) is 7.47. The van der Waals surface area contributed by atoms with Crippen LogP contribution in [0.4, 0.5) is 0 Å². The SMILES string of the molecule is C=C(/C=C\C)C(CCc1ccccc1)O[Si](C)(C)C(C)(C)C. The van der Waals surface area contributed by atoms with Gasteiger partial charge in [0.2, 0.25) is 0 Å². The molecule has 0 saturated carbocycles. The molecule has 0 saturated heterocycles. The third-order valence-corrected chi connectivity index (χ3v) is 9.06. The van der Waals surface area contributed by atoms with Crippen molar-refractivity contribution >= 4 is 8.32 Å². The lowest BCUT2D eigenvalue weighted by Crippen LogP contribution is -2.44. The number of aryl methyl sites for hydroxylation is 1. The maximum Gasteiger partial charge on any atom is 0.192 e. The summed E-state index contributed by atoms with van der Waals surface area (Å²) in [4.78, 5) is 0. The fourth-order valence-electron chi connectivity index (χ4n) is 2.12. The van der Waals surface area contributed by atoms with E-state index < -0.39 is 8.32 Å². The highest BCUT2D eigenvalue weighted by atomic mass is 28.4. The Labute approximate surface area is 138 Å². The first-order chi connectivity index (χ1) is 10.2. The minimum atomic E-state index is -1.79. The van der Waals surface area contributed by atoms with Crippen LogP contribution in [0.15, 0.2) is 54.6 Å². The van der Waals surface area contributed by atoms with E-state index in [0.717, 1.165) is 18.4 Å². The smallest absolute Gasteiger partial charge is 0.192 e. The third kappa shape index (κ3) is 5.58. The molecule has 0 bridgehead atoms. The Hall–Kier alpha value is -1.12. The average Bonchev–Trinajstić information content (AvgIpc) is 2.43. The van der Waals surface area contributed by atoms with Gasteiger partial charge in [-0.15, -0.1) is 0 Å². The number of hydrogen-bond donors (Lipinski definition) is 0. The van der Waals surface area contributed by atoms with Crippen molar-refractivity contribution < 1.29 is 4.43 Å². The van der Waals surface area contributed by atoms with Gasteiger partial charge in [-0.1, -0.05) is 69.8 Å². The molecule has 1 nitrogen and oxygen atoms in total. The molecule has 1 aromatic rings. The maximum atomic E-state index is 6.63. The summed E-state index contributed by atoms with van der Waals surface area (Å²) in [6, 6.07) is 10.6. The summed E-state index contributed by atoms with van der Waals surface area (Å²) in [5.74, 6) is 0. The summed E-state index contributed by atoms with van der Waals surface area (Å²) in [6.45, 7) is 17.7. The second-order valence-corrected chi connectivity index (χ2v) is 12.2. The molecule has 0 aliphatic heterocycles. The Balaban J connectivity index is 2.83. The number of allylic oxidation sites excluding steroid dienone is 1. The van der Waals surface area contributed by atoms with Crippen molar-refractivity contribution in [3.63, 3.8) is 0 Å². The van der Waals surface area contributed by atoms with Crippen molar-refractivity contribution in [3.05, 3.63) is 60.2 Å². The minimum absolute atomic E-state index is 0.109. The normalized spacial score (nSPS) is 14.3. The van der Waals surface area contributed by atoms with Gasteiger partial charge in [0.1, 0.15) is 0 Å². The lowest BCUT2D eigenvalue weighted by atomic mass is 10.0. The molecule has 1 atom stereocenters. The summed E-state index contributed by atoms with van der Waals surface area (Å²) in [5, 5.41) is 0.216. The number of benzene rings is 1. The number of rotatable bonds is 7. The van der Waals surface area contributed by atoms with E-state index in [1.165, 1.54) is 5.56 Å². The standard InChI is InChI=1S/C20H32OSi/c1-8-12-17(2)19(21-22(6,7)20(3,4)5)16-15-18-13-10-9-11-14-18/h8-14,19H,2,15-16H2,1,3-7H3/b12-8-. The van der Waals surface area contributed by atoms with Gasteiger partial charge in [-0.05, 0) is 49.0 Å². The molecule has 0 aliphatic rings. The molecule has 0 amide bonds. The van der Waals surface area contributed by atoms with Crippen LogP contribution in [0.5, 0.6) is 0 Å². The summed E-state index contributed by atoms with van der Waals surface area (Å²) < 4.78 is 6.63. The highest BCUT2D eigenvalue weighted by Gasteiger charge is 2.39. The van der Waals surface area contributed by atoms with E-state index in [1.54, 1.807) is 0 Å². The molecule has 1 unspecified atom stereocenters. The van der Waals surface area contributed by atoms with Crippen LogP contribution >= 0.6 is 0 Å². The van der Waals surface area contributed by atoms with Crippen molar-refractivity contribution in [1.82, 2.24) is 0 Å². The highest BCUT2D eigenvalue weighted by Crippen LogP contribution is 2.38. The summed E-state index contributed by atoms with van der Waals surface area (Å²) >= 11 is 0. The zero-order valence-corrected chi connectivity index (χ0v) is 16.1. The summed E-state index contributed by atoms with van der Waals surface area (Å²) in [7, 11) is -1.79. The van der Waals surface area contributed by atoms with Gasteiger partial charge in [0.25, 0.3) is 0 Å². The Morgan fingerprint density at radius 2 is 1.82 bits per heavy atom. The molecule has 22 heavy (non-hydrogen) atoms. The zero-order chi connectivity index (χ0) is 16.8. The fraction of sp³-hybridized carbons (Fsp3) is 0.500. The first kappa shape index (κ1) is 18.9. The highest BCUT2D eigenvalue weighted by molar-refractivity contribution is 6.74. The summed E-state index contributed by atoms with van der Waals surface area (Å²) in [5.41, 5.74) is 2.45. The van der Waals surface area contributed by atoms with Crippen LogP contribution in [0.2, 0.25) is 18.1 Å². The van der Waals surface area contributed by atoms with E-state index in [1.807, 2.05) is 13.0 Å². The fourth-order valence-corrected chi connectivity index (χ4v) is 3.45. The van der Waals surface area contributed by atoms with E-state index in [-0.39, 0.29) is 11.1 Å². The monoisotopic (exact) mass is 316 g/mol. The molecule has 1 rings (SSSR count). The molecule has 0 N–H and O–H groups in total. The van der Waals surface area contributed by atoms with Crippen molar-refractivity contribution in [2.75, 3.05) is 0 Å². The van der Waals surface area contributed by atoms with Crippen LogP contribution in [0.1, 0.15) is 39.7 Å². The second kappa shape index (κ2) is 7.93. The summed E-state index contributed by atoms with van der Waals surface area (Å²) in [6.07, 6.45) is 6.25. The van der Waals surface area contributed by atoms with Crippen molar-refractivity contribution in [1.29, 1.82) is 0 Å². The first-order valence-electron chi connectivity index (χ1n) is 8.20. The topological polar surface area (TPSA) is 9.23 Å². The van der Waals surface area contributed by atoms with Gasteiger partial charge in [0, 0.05) is 0 Å². The molecular formula is C20H32OSi. The largest absolute Gasteiger partial charge is 0.410 e. The third-order valence-electron chi connectivity index (χ3n) is 4.58. The molecular weight excluding hydrogens is 284 g/mol. The molecule has 0 heterocycles. The van der Waals surface area contributed by atoms with Gasteiger partial charge in [-0.25, -0.2) is 0 Å². The molecule has 0 spiro atoms. The predicted molar refractivity (Wildman–Crippen MR) is 101 cm³/mol. The lowest BCUT2D eigenvalue weighted by Gasteiger charge is -2.39. The minimum Gasteiger partial charge on any atom is -0.410 e.